The number of rotatable bonds is 3. The van der Waals surface area contributed by atoms with Gasteiger partial charge in [-0.3, -0.25) is 9.69 Å². The lowest BCUT2D eigenvalue weighted by Crippen LogP contribution is -2.48. The van der Waals surface area contributed by atoms with Crippen LogP contribution in [0.1, 0.15) is 31.9 Å². The molecule has 3 amide bonds. The van der Waals surface area contributed by atoms with Crippen LogP contribution in [0.4, 0.5) is 21.9 Å². The van der Waals surface area contributed by atoms with Crippen LogP contribution in [0.15, 0.2) is 84.9 Å². The van der Waals surface area contributed by atoms with Crippen LogP contribution in [0.2, 0.25) is 0 Å². The quantitative estimate of drug-likeness (QED) is 0.622. The van der Waals surface area contributed by atoms with E-state index in [4.69, 9.17) is 0 Å². The summed E-state index contributed by atoms with van der Waals surface area (Å²) in [4.78, 5) is 29.4. The topological polar surface area (TPSA) is 52.7 Å². The van der Waals surface area contributed by atoms with E-state index in [-0.39, 0.29) is 24.0 Å². The Balaban J connectivity index is 1.71. The van der Waals surface area contributed by atoms with Crippen LogP contribution in [0.5, 0.6) is 0 Å². The Hall–Kier alpha value is -3.60. The first-order valence-electron chi connectivity index (χ1n) is 10.2. The summed E-state index contributed by atoms with van der Waals surface area (Å²) in [5, 5.41) is 2.99. The third-order valence-corrected chi connectivity index (χ3v) is 5.49. The fourth-order valence-corrected chi connectivity index (χ4v) is 4.21. The Bertz CT molecular complexity index is 1040. The molecule has 5 heteroatoms. The molecule has 0 radical (unpaired) electrons. The molecule has 1 aliphatic heterocycles. The Morgan fingerprint density at radius 3 is 2.17 bits per heavy atom. The van der Waals surface area contributed by atoms with Gasteiger partial charge in [-0.05, 0) is 49.2 Å². The van der Waals surface area contributed by atoms with Gasteiger partial charge in [0.25, 0.3) is 0 Å². The minimum atomic E-state index is -0.173. The summed E-state index contributed by atoms with van der Waals surface area (Å²) in [5.41, 5.74) is 3.41. The number of urea groups is 1. The average molecular weight is 399 g/mol. The van der Waals surface area contributed by atoms with E-state index in [1.54, 1.807) is 11.8 Å². The molecule has 0 aromatic heterocycles. The van der Waals surface area contributed by atoms with Crippen molar-refractivity contribution in [3.8, 4) is 0 Å². The van der Waals surface area contributed by atoms with Crippen molar-refractivity contribution in [2.45, 2.75) is 32.4 Å². The van der Waals surface area contributed by atoms with Crippen molar-refractivity contribution in [2.24, 2.45) is 0 Å². The molecule has 1 aliphatic rings. The second-order valence-corrected chi connectivity index (χ2v) is 7.55. The standard InChI is InChI=1S/C25H25N3O2/c1-18-17-24(28(19(2)29)21-13-7-4-8-14-21)22-15-9-10-16-23(22)27(18)25(30)26-20-11-5-3-6-12-20/h3-16,18,24H,17H2,1-2H3,(H,26,30). The number of hydrogen-bond donors (Lipinski definition) is 1. The third kappa shape index (κ3) is 3.79. The number of nitrogens with one attached hydrogen (secondary N) is 1. The van der Waals surface area contributed by atoms with Gasteiger partial charge >= 0.3 is 6.03 Å². The van der Waals surface area contributed by atoms with Crippen molar-refractivity contribution in [2.75, 3.05) is 15.1 Å². The molecule has 5 nitrogen and oxygen atoms in total. The largest absolute Gasteiger partial charge is 0.326 e. The normalized spacial score (nSPS) is 17.7. The van der Waals surface area contributed by atoms with Crippen molar-refractivity contribution in [3.05, 3.63) is 90.5 Å². The molecule has 3 aromatic carbocycles. The van der Waals surface area contributed by atoms with E-state index in [1.165, 1.54) is 0 Å². The molecule has 0 aliphatic carbocycles. The lowest BCUT2D eigenvalue weighted by atomic mass is 9.90. The number of carbonyl (C=O) groups excluding carboxylic acids is 2. The number of carbonyl (C=O) groups is 2. The Morgan fingerprint density at radius 1 is 0.900 bits per heavy atom. The molecule has 0 spiro atoms. The van der Waals surface area contributed by atoms with Crippen LogP contribution in [-0.4, -0.2) is 18.0 Å². The molecule has 2 unspecified atom stereocenters. The Labute approximate surface area is 176 Å². The van der Waals surface area contributed by atoms with Crippen molar-refractivity contribution < 1.29 is 9.59 Å². The lowest BCUT2D eigenvalue weighted by Gasteiger charge is -2.43. The van der Waals surface area contributed by atoms with Crippen LogP contribution in [0.25, 0.3) is 0 Å². The van der Waals surface area contributed by atoms with Gasteiger partial charge in [0.05, 0.1) is 11.7 Å². The molecule has 3 aromatic rings. The molecule has 0 saturated carbocycles. The molecule has 1 heterocycles. The monoisotopic (exact) mass is 399 g/mol. The SMILES string of the molecule is CC(=O)N(c1ccccc1)C1CC(C)N(C(=O)Nc2ccccc2)c2ccccc21. The van der Waals surface area contributed by atoms with Gasteiger partial charge in [0, 0.05) is 24.3 Å². The Kier molecular flexibility index (Phi) is 5.53. The zero-order valence-corrected chi connectivity index (χ0v) is 17.2. The summed E-state index contributed by atoms with van der Waals surface area (Å²) in [6.07, 6.45) is 0.647. The fourth-order valence-electron chi connectivity index (χ4n) is 4.21. The maximum atomic E-state index is 13.2. The van der Waals surface area contributed by atoms with Crippen LogP contribution < -0.4 is 15.1 Å². The molecular weight excluding hydrogens is 374 g/mol. The number of amides is 3. The van der Waals surface area contributed by atoms with Gasteiger partial charge in [-0.25, -0.2) is 4.79 Å². The third-order valence-electron chi connectivity index (χ3n) is 5.49. The van der Waals surface area contributed by atoms with Crippen LogP contribution in [0.3, 0.4) is 0 Å². The molecule has 4 rings (SSSR count). The summed E-state index contributed by atoms with van der Waals surface area (Å²) < 4.78 is 0. The summed E-state index contributed by atoms with van der Waals surface area (Å²) in [7, 11) is 0. The molecule has 2 atom stereocenters. The van der Waals surface area contributed by atoms with Crippen molar-refractivity contribution in [1.29, 1.82) is 0 Å². The highest BCUT2D eigenvalue weighted by Gasteiger charge is 2.37. The van der Waals surface area contributed by atoms with E-state index in [9.17, 15) is 9.59 Å². The van der Waals surface area contributed by atoms with Gasteiger partial charge in [0.1, 0.15) is 0 Å². The van der Waals surface area contributed by atoms with E-state index in [2.05, 4.69) is 5.32 Å². The van der Waals surface area contributed by atoms with Gasteiger partial charge < -0.3 is 10.2 Å². The zero-order valence-electron chi connectivity index (χ0n) is 17.2. The van der Waals surface area contributed by atoms with Gasteiger partial charge in [-0.15, -0.1) is 0 Å². The predicted molar refractivity (Wildman–Crippen MR) is 121 cm³/mol. The number of benzene rings is 3. The molecule has 0 fully saturated rings. The predicted octanol–water partition coefficient (Wildman–Crippen LogP) is 5.61. The number of anilines is 3. The van der Waals surface area contributed by atoms with Gasteiger partial charge in [0.2, 0.25) is 5.91 Å². The first-order chi connectivity index (χ1) is 14.6. The van der Waals surface area contributed by atoms with E-state index < -0.39 is 0 Å². The highest BCUT2D eigenvalue weighted by atomic mass is 16.2. The second kappa shape index (κ2) is 8.41. The smallest absolute Gasteiger partial charge is 0.308 e. The summed E-state index contributed by atoms with van der Waals surface area (Å²) in [6, 6.07) is 26.6. The van der Waals surface area contributed by atoms with Gasteiger partial charge in [0.15, 0.2) is 0 Å². The van der Waals surface area contributed by atoms with Crippen molar-refractivity contribution in [1.82, 2.24) is 0 Å². The first kappa shape index (κ1) is 19.7. The summed E-state index contributed by atoms with van der Waals surface area (Å²) >= 11 is 0. The number of para-hydroxylation sites is 3. The summed E-state index contributed by atoms with van der Waals surface area (Å²) in [5.74, 6) is -0.0182. The molecular formula is C25H25N3O2. The van der Waals surface area contributed by atoms with Crippen LogP contribution in [-0.2, 0) is 4.79 Å². The molecule has 152 valence electrons. The fraction of sp³-hybridized carbons (Fsp3) is 0.200. The van der Waals surface area contributed by atoms with E-state index >= 15 is 0 Å². The highest BCUT2D eigenvalue weighted by molar-refractivity contribution is 6.03. The molecule has 30 heavy (non-hydrogen) atoms. The van der Waals surface area contributed by atoms with E-state index in [0.717, 1.165) is 22.6 Å². The highest BCUT2D eigenvalue weighted by Crippen LogP contribution is 2.42. The minimum Gasteiger partial charge on any atom is -0.308 e. The van der Waals surface area contributed by atoms with E-state index in [0.29, 0.717) is 6.42 Å². The molecule has 1 N–H and O–H groups in total. The zero-order chi connectivity index (χ0) is 21.1. The van der Waals surface area contributed by atoms with Gasteiger partial charge in [-0.1, -0.05) is 54.6 Å². The summed E-state index contributed by atoms with van der Waals surface area (Å²) in [6.45, 7) is 3.62. The van der Waals surface area contributed by atoms with Crippen molar-refractivity contribution in [3.63, 3.8) is 0 Å². The number of hydrogen-bond acceptors (Lipinski definition) is 2. The number of nitrogens with zero attached hydrogens (tertiary/aromatic N) is 2. The lowest BCUT2D eigenvalue weighted by molar-refractivity contribution is -0.117. The minimum absolute atomic E-state index is 0.0182. The van der Waals surface area contributed by atoms with E-state index in [1.807, 2.05) is 96.8 Å². The maximum absolute atomic E-state index is 13.2. The van der Waals surface area contributed by atoms with Crippen molar-refractivity contribution >= 4 is 29.0 Å². The van der Waals surface area contributed by atoms with Gasteiger partial charge in [-0.2, -0.15) is 0 Å². The maximum Gasteiger partial charge on any atom is 0.326 e. The first-order valence-corrected chi connectivity index (χ1v) is 10.2. The Morgan fingerprint density at radius 2 is 1.50 bits per heavy atom. The van der Waals surface area contributed by atoms with Crippen LogP contribution >= 0.6 is 0 Å². The average Bonchev–Trinajstić information content (AvgIpc) is 2.75. The molecule has 0 saturated heterocycles. The second-order valence-electron chi connectivity index (χ2n) is 7.55. The molecule has 0 bridgehead atoms. The van der Waals surface area contributed by atoms with Crippen LogP contribution in [0, 0.1) is 0 Å². The number of fused-ring (bicyclic) bond motifs is 1.